The van der Waals surface area contributed by atoms with E-state index in [1.54, 1.807) is 19.1 Å². The number of carbonyl (C=O) groups is 1. The van der Waals surface area contributed by atoms with E-state index in [2.05, 4.69) is 5.32 Å². The molecule has 1 N–H and O–H groups in total. The zero-order valence-electron chi connectivity index (χ0n) is 9.67. The second-order valence-electron chi connectivity index (χ2n) is 4.53. The number of aryl methyl sites for hydroxylation is 1. The van der Waals surface area contributed by atoms with Crippen molar-refractivity contribution in [1.82, 2.24) is 5.32 Å². The van der Waals surface area contributed by atoms with Gasteiger partial charge in [-0.2, -0.15) is 0 Å². The molecule has 4 heteroatoms. The van der Waals surface area contributed by atoms with Crippen LogP contribution < -0.4 is 5.32 Å². The number of nitrogens with one attached hydrogen (secondary N) is 1. The molecule has 2 nitrogen and oxygen atoms in total. The van der Waals surface area contributed by atoms with E-state index >= 15 is 0 Å². The highest BCUT2D eigenvalue weighted by Gasteiger charge is 2.29. The average molecular weight is 256 g/mol. The first-order chi connectivity index (χ1) is 8.08. The Kier molecular flexibility index (Phi) is 3.67. The van der Waals surface area contributed by atoms with Gasteiger partial charge in [-0.3, -0.25) is 4.79 Å². The van der Waals surface area contributed by atoms with Gasteiger partial charge in [-0.05, 0) is 43.4 Å². The van der Waals surface area contributed by atoms with Gasteiger partial charge in [0.05, 0.1) is 5.38 Å². The number of rotatable bonds is 4. The van der Waals surface area contributed by atoms with E-state index < -0.39 is 0 Å². The molecule has 1 amide bonds. The maximum Gasteiger partial charge on any atom is 0.251 e. The molecule has 0 aromatic heterocycles. The third-order valence-electron chi connectivity index (χ3n) is 3.03. The fraction of sp³-hybridized carbons (Fsp3) is 0.462. The van der Waals surface area contributed by atoms with Gasteiger partial charge in [-0.1, -0.05) is 6.07 Å². The predicted octanol–water partition coefficient (Wildman–Crippen LogP) is 2.88. The molecule has 2 rings (SSSR count). The SMILES string of the molecule is Cc1ccc(C(=O)NCC(Cl)C2CC2)cc1F. The van der Waals surface area contributed by atoms with E-state index in [1.165, 1.54) is 6.07 Å². The fourth-order valence-corrected chi connectivity index (χ4v) is 1.98. The van der Waals surface area contributed by atoms with E-state index in [0.29, 0.717) is 23.6 Å². The van der Waals surface area contributed by atoms with Crippen molar-refractivity contribution < 1.29 is 9.18 Å². The lowest BCUT2D eigenvalue weighted by molar-refractivity contribution is 0.0952. The van der Waals surface area contributed by atoms with Crippen molar-refractivity contribution in [2.45, 2.75) is 25.1 Å². The van der Waals surface area contributed by atoms with Gasteiger partial charge in [0.15, 0.2) is 0 Å². The number of hydrogen-bond donors (Lipinski definition) is 1. The van der Waals surface area contributed by atoms with Crippen molar-refractivity contribution in [2.24, 2.45) is 5.92 Å². The lowest BCUT2D eigenvalue weighted by Crippen LogP contribution is -2.30. The molecule has 1 aromatic rings. The third-order valence-corrected chi connectivity index (χ3v) is 3.54. The van der Waals surface area contributed by atoms with Crippen LogP contribution in [-0.2, 0) is 0 Å². The van der Waals surface area contributed by atoms with Gasteiger partial charge >= 0.3 is 0 Å². The number of hydrogen-bond acceptors (Lipinski definition) is 1. The number of alkyl halides is 1. The normalized spacial score (nSPS) is 16.6. The van der Waals surface area contributed by atoms with Crippen molar-refractivity contribution in [3.05, 3.63) is 35.1 Å². The number of amides is 1. The van der Waals surface area contributed by atoms with Crippen LogP contribution in [0.4, 0.5) is 4.39 Å². The quantitative estimate of drug-likeness (QED) is 0.824. The molecule has 1 fully saturated rings. The van der Waals surface area contributed by atoms with Gasteiger partial charge in [0.2, 0.25) is 0 Å². The Balaban J connectivity index is 1.92. The summed E-state index contributed by atoms with van der Waals surface area (Å²) >= 11 is 6.08. The van der Waals surface area contributed by atoms with Crippen molar-refractivity contribution in [1.29, 1.82) is 0 Å². The van der Waals surface area contributed by atoms with Crippen molar-refractivity contribution in [3.63, 3.8) is 0 Å². The van der Waals surface area contributed by atoms with Crippen LogP contribution in [0, 0.1) is 18.7 Å². The molecule has 0 radical (unpaired) electrons. The van der Waals surface area contributed by atoms with Gasteiger partial charge < -0.3 is 5.32 Å². The summed E-state index contributed by atoms with van der Waals surface area (Å²) in [5.41, 5.74) is 0.877. The predicted molar refractivity (Wildman–Crippen MR) is 65.8 cm³/mol. The second kappa shape index (κ2) is 5.05. The Labute approximate surface area is 105 Å². The van der Waals surface area contributed by atoms with Crippen LogP contribution in [0.2, 0.25) is 0 Å². The molecule has 0 saturated heterocycles. The Bertz CT molecular complexity index is 431. The molecule has 1 atom stereocenters. The van der Waals surface area contributed by atoms with Gasteiger partial charge in [-0.15, -0.1) is 11.6 Å². The summed E-state index contributed by atoms with van der Waals surface area (Å²) in [6.45, 7) is 2.11. The molecule has 1 aliphatic rings. The monoisotopic (exact) mass is 255 g/mol. The Morgan fingerprint density at radius 2 is 2.29 bits per heavy atom. The molecule has 0 spiro atoms. The summed E-state index contributed by atoms with van der Waals surface area (Å²) in [4.78, 5) is 11.7. The van der Waals surface area contributed by atoms with Crippen molar-refractivity contribution in [3.8, 4) is 0 Å². The minimum atomic E-state index is -0.359. The van der Waals surface area contributed by atoms with E-state index in [4.69, 9.17) is 11.6 Å². The average Bonchev–Trinajstić information content (AvgIpc) is 3.13. The topological polar surface area (TPSA) is 29.1 Å². The molecule has 0 bridgehead atoms. The molecule has 92 valence electrons. The van der Waals surface area contributed by atoms with Crippen LogP contribution >= 0.6 is 11.6 Å². The highest BCUT2D eigenvalue weighted by molar-refractivity contribution is 6.21. The summed E-state index contributed by atoms with van der Waals surface area (Å²) in [6.07, 6.45) is 2.28. The first-order valence-electron chi connectivity index (χ1n) is 5.76. The molecule has 0 heterocycles. The summed E-state index contributed by atoms with van der Waals surface area (Å²) in [5.74, 6) is -0.0933. The third kappa shape index (κ3) is 3.19. The number of halogens is 2. The summed E-state index contributed by atoms with van der Waals surface area (Å²) < 4.78 is 13.3. The van der Waals surface area contributed by atoms with Gasteiger partial charge in [0.25, 0.3) is 5.91 Å². The molecule has 0 aliphatic heterocycles. The fourth-order valence-electron chi connectivity index (χ4n) is 1.65. The van der Waals surface area contributed by atoms with Crippen LogP contribution in [0.3, 0.4) is 0 Å². The van der Waals surface area contributed by atoms with Crippen LogP contribution in [-0.4, -0.2) is 17.8 Å². The minimum Gasteiger partial charge on any atom is -0.351 e. The molecular formula is C13H15ClFNO. The molecule has 1 aromatic carbocycles. The van der Waals surface area contributed by atoms with Crippen molar-refractivity contribution in [2.75, 3.05) is 6.54 Å². The highest BCUT2D eigenvalue weighted by Crippen LogP contribution is 2.35. The second-order valence-corrected chi connectivity index (χ2v) is 5.09. The van der Waals surface area contributed by atoms with Crippen LogP contribution in [0.15, 0.2) is 18.2 Å². The maximum absolute atomic E-state index is 13.3. The van der Waals surface area contributed by atoms with Crippen LogP contribution in [0.1, 0.15) is 28.8 Å². The van der Waals surface area contributed by atoms with Gasteiger partial charge in [-0.25, -0.2) is 4.39 Å². The van der Waals surface area contributed by atoms with E-state index in [0.717, 1.165) is 12.8 Å². The lowest BCUT2D eigenvalue weighted by Gasteiger charge is -2.10. The summed E-state index contributed by atoms with van der Waals surface area (Å²) in [5, 5.41) is 2.72. The zero-order chi connectivity index (χ0) is 12.4. The largest absolute Gasteiger partial charge is 0.351 e. The Morgan fingerprint density at radius 3 is 2.88 bits per heavy atom. The Hall–Kier alpha value is -1.09. The minimum absolute atomic E-state index is 0.00533. The summed E-state index contributed by atoms with van der Waals surface area (Å²) in [7, 11) is 0. The first-order valence-corrected chi connectivity index (χ1v) is 6.20. The number of benzene rings is 1. The van der Waals surface area contributed by atoms with Crippen molar-refractivity contribution >= 4 is 17.5 Å². The van der Waals surface area contributed by atoms with E-state index in [-0.39, 0.29) is 17.1 Å². The van der Waals surface area contributed by atoms with Gasteiger partial charge in [0, 0.05) is 12.1 Å². The van der Waals surface area contributed by atoms with Gasteiger partial charge in [0.1, 0.15) is 5.82 Å². The summed E-state index contributed by atoms with van der Waals surface area (Å²) in [6, 6.07) is 4.47. The lowest BCUT2D eigenvalue weighted by atomic mass is 10.1. The smallest absolute Gasteiger partial charge is 0.251 e. The van der Waals surface area contributed by atoms with E-state index in [9.17, 15) is 9.18 Å². The van der Waals surface area contributed by atoms with E-state index in [1.807, 2.05) is 0 Å². The zero-order valence-corrected chi connectivity index (χ0v) is 10.4. The molecule has 1 saturated carbocycles. The standard InChI is InChI=1S/C13H15ClFNO/c1-8-2-3-10(6-12(8)15)13(17)16-7-11(14)9-4-5-9/h2-3,6,9,11H,4-5,7H2,1H3,(H,16,17). The van der Waals surface area contributed by atoms with Crippen LogP contribution in [0.5, 0.6) is 0 Å². The Morgan fingerprint density at radius 1 is 1.59 bits per heavy atom. The highest BCUT2D eigenvalue weighted by atomic mass is 35.5. The molecule has 17 heavy (non-hydrogen) atoms. The number of carbonyl (C=O) groups excluding carboxylic acids is 1. The molecule has 1 unspecified atom stereocenters. The van der Waals surface area contributed by atoms with Crippen LogP contribution in [0.25, 0.3) is 0 Å². The first kappa shape index (κ1) is 12.4. The maximum atomic E-state index is 13.3. The molecule has 1 aliphatic carbocycles. The molecular weight excluding hydrogens is 241 g/mol.